The number of hydrogen-bond acceptors (Lipinski definition) is 4. The first-order chi connectivity index (χ1) is 10.7. The maximum absolute atomic E-state index is 12.2. The number of carboxylic acid groups (broad SMARTS) is 1. The maximum Gasteiger partial charge on any atom is 0.332 e. The molecule has 0 spiro atoms. The van der Waals surface area contributed by atoms with E-state index in [0.717, 1.165) is 16.1 Å². The normalized spacial score (nSPS) is 21.2. The van der Waals surface area contributed by atoms with E-state index in [-0.39, 0.29) is 10.7 Å². The molecule has 1 amide bonds. The van der Waals surface area contributed by atoms with E-state index < -0.39 is 18.2 Å². The van der Waals surface area contributed by atoms with Crippen LogP contribution in [0.5, 0.6) is 0 Å². The lowest BCUT2D eigenvalue weighted by Crippen LogP contribution is -2.30. The first-order valence-electron chi connectivity index (χ1n) is 7.64. The van der Waals surface area contributed by atoms with Crippen LogP contribution in [0.15, 0.2) is 23.1 Å². The third kappa shape index (κ3) is 4.97. The van der Waals surface area contributed by atoms with Crippen LogP contribution in [0.1, 0.15) is 39.2 Å². The highest BCUT2D eigenvalue weighted by Gasteiger charge is 2.34. The summed E-state index contributed by atoms with van der Waals surface area (Å²) in [5, 5.41) is 11.7. The van der Waals surface area contributed by atoms with Gasteiger partial charge < -0.3 is 15.2 Å². The van der Waals surface area contributed by atoms with Crippen molar-refractivity contribution in [3.63, 3.8) is 0 Å². The van der Waals surface area contributed by atoms with Crippen molar-refractivity contribution in [1.29, 1.82) is 0 Å². The third-order valence-corrected chi connectivity index (χ3v) is 4.57. The van der Waals surface area contributed by atoms with E-state index in [1.54, 1.807) is 11.8 Å². The second-order valence-corrected chi connectivity index (χ2v) is 8.61. The average Bonchev–Trinajstić information content (AvgIpc) is 2.90. The van der Waals surface area contributed by atoms with Gasteiger partial charge in [0.05, 0.1) is 0 Å². The molecule has 1 aliphatic heterocycles. The van der Waals surface area contributed by atoms with E-state index in [0.29, 0.717) is 12.8 Å². The van der Waals surface area contributed by atoms with Crippen LogP contribution in [0.3, 0.4) is 0 Å². The molecule has 1 heterocycles. The molecule has 1 aliphatic rings. The minimum atomic E-state index is -1.01. The Morgan fingerprint density at radius 2 is 1.91 bits per heavy atom. The molecule has 0 unspecified atom stereocenters. The number of carboxylic acids is 1. The standard InChI is InChI=1S/C17H23NO4S/c1-10-9-11(23-17(2,3)4)5-6-12(10)18-15(19)13-7-8-14(22-13)16(20)21/h5-6,9,13-14H,7-8H2,1-4H3,(H,18,19)(H,20,21)/t13-,14+/m0/s1. The van der Waals surface area contributed by atoms with Gasteiger partial charge in [0, 0.05) is 15.3 Å². The summed E-state index contributed by atoms with van der Waals surface area (Å²) in [5.41, 5.74) is 1.70. The Morgan fingerprint density at radius 1 is 1.26 bits per heavy atom. The number of benzene rings is 1. The molecule has 1 fully saturated rings. The van der Waals surface area contributed by atoms with Crippen molar-refractivity contribution >= 4 is 29.3 Å². The molecule has 23 heavy (non-hydrogen) atoms. The van der Waals surface area contributed by atoms with Crippen molar-refractivity contribution in [2.24, 2.45) is 0 Å². The molecule has 0 aliphatic carbocycles. The van der Waals surface area contributed by atoms with Crippen molar-refractivity contribution < 1.29 is 19.4 Å². The van der Waals surface area contributed by atoms with Gasteiger partial charge in [-0.05, 0) is 43.5 Å². The smallest absolute Gasteiger partial charge is 0.332 e. The number of hydrogen-bond donors (Lipinski definition) is 2. The van der Waals surface area contributed by atoms with Crippen molar-refractivity contribution in [3.05, 3.63) is 23.8 Å². The second kappa shape index (κ2) is 6.93. The zero-order valence-corrected chi connectivity index (χ0v) is 14.7. The molecule has 0 aromatic heterocycles. The largest absolute Gasteiger partial charge is 0.479 e. The quantitative estimate of drug-likeness (QED) is 0.823. The molecular formula is C17H23NO4S. The summed E-state index contributed by atoms with van der Waals surface area (Å²) < 4.78 is 5.40. The zero-order chi connectivity index (χ0) is 17.2. The minimum absolute atomic E-state index is 0.126. The number of carbonyl (C=O) groups excluding carboxylic acids is 1. The molecule has 0 bridgehead atoms. The highest BCUT2D eigenvalue weighted by Crippen LogP contribution is 2.33. The molecule has 2 N–H and O–H groups in total. The lowest BCUT2D eigenvalue weighted by atomic mass is 10.1. The summed E-state index contributed by atoms with van der Waals surface area (Å²) in [6.07, 6.45) is -0.774. The zero-order valence-electron chi connectivity index (χ0n) is 13.9. The van der Waals surface area contributed by atoms with Gasteiger partial charge in [-0.2, -0.15) is 0 Å². The summed E-state index contributed by atoms with van der Waals surface area (Å²) in [5.74, 6) is -1.30. The van der Waals surface area contributed by atoms with Crippen LogP contribution < -0.4 is 5.32 Å². The van der Waals surface area contributed by atoms with Crippen LogP contribution in [0.2, 0.25) is 0 Å². The minimum Gasteiger partial charge on any atom is -0.479 e. The molecule has 5 nitrogen and oxygen atoms in total. The Labute approximate surface area is 140 Å². The van der Waals surface area contributed by atoms with Gasteiger partial charge in [0.25, 0.3) is 5.91 Å². The van der Waals surface area contributed by atoms with Crippen LogP contribution in [0, 0.1) is 6.92 Å². The number of nitrogens with one attached hydrogen (secondary N) is 1. The number of aliphatic carboxylic acids is 1. The molecule has 1 aromatic rings. The van der Waals surface area contributed by atoms with Gasteiger partial charge in [0.1, 0.15) is 6.10 Å². The monoisotopic (exact) mass is 337 g/mol. The van der Waals surface area contributed by atoms with E-state index in [1.165, 1.54) is 0 Å². The summed E-state index contributed by atoms with van der Waals surface area (Å²) in [6.45, 7) is 8.40. The topological polar surface area (TPSA) is 75.6 Å². The summed E-state index contributed by atoms with van der Waals surface area (Å²) in [6, 6.07) is 5.90. The Kier molecular flexibility index (Phi) is 5.37. The molecule has 2 atom stereocenters. The van der Waals surface area contributed by atoms with Crippen LogP contribution in [0.4, 0.5) is 5.69 Å². The van der Waals surface area contributed by atoms with Crippen molar-refractivity contribution in [2.45, 2.75) is 62.4 Å². The molecule has 126 valence electrons. The molecule has 2 rings (SSSR count). The lowest BCUT2D eigenvalue weighted by molar-refractivity contribution is -0.150. The number of thioether (sulfide) groups is 1. The molecule has 1 saturated heterocycles. The fourth-order valence-corrected chi connectivity index (χ4v) is 3.50. The second-order valence-electron chi connectivity index (χ2n) is 6.71. The van der Waals surface area contributed by atoms with Crippen molar-refractivity contribution in [2.75, 3.05) is 5.32 Å². The molecule has 6 heteroatoms. The number of rotatable bonds is 4. The van der Waals surface area contributed by atoms with Gasteiger partial charge in [0.15, 0.2) is 6.10 Å². The fourth-order valence-electron chi connectivity index (χ4n) is 2.42. The average molecular weight is 337 g/mol. The summed E-state index contributed by atoms with van der Waals surface area (Å²) in [7, 11) is 0. The summed E-state index contributed by atoms with van der Waals surface area (Å²) in [4.78, 5) is 24.2. The predicted octanol–water partition coefficient (Wildman–Crippen LogP) is 3.46. The SMILES string of the molecule is Cc1cc(SC(C)(C)C)ccc1NC(=O)[C@@H]1CC[C@H](C(=O)O)O1. The molecule has 0 saturated carbocycles. The Balaban J connectivity index is 2.00. The van der Waals surface area contributed by atoms with Gasteiger partial charge in [-0.3, -0.25) is 4.79 Å². The van der Waals surface area contributed by atoms with Gasteiger partial charge in [0.2, 0.25) is 0 Å². The third-order valence-electron chi connectivity index (χ3n) is 3.47. The molecule has 1 aromatic carbocycles. The van der Waals surface area contributed by atoms with E-state index in [9.17, 15) is 9.59 Å². The van der Waals surface area contributed by atoms with Gasteiger partial charge in [-0.15, -0.1) is 11.8 Å². The highest BCUT2D eigenvalue weighted by atomic mass is 32.2. The van der Waals surface area contributed by atoms with Crippen LogP contribution >= 0.6 is 11.8 Å². The van der Waals surface area contributed by atoms with E-state index in [2.05, 4.69) is 26.1 Å². The predicted molar refractivity (Wildman–Crippen MR) is 90.9 cm³/mol. The number of ether oxygens (including phenoxy) is 1. The number of amides is 1. The number of anilines is 1. The summed E-state index contributed by atoms with van der Waals surface area (Å²) >= 11 is 1.77. The van der Waals surface area contributed by atoms with Crippen LogP contribution in [-0.4, -0.2) is 33.9 Å². The Hall–Kier alpha value is -1.53. The van der Waals surface area contributed by atoms with Crippen molar-refractivity contribution in [1.82, 2.24) is 0 Å². The Bertz CT molecular complexity index is 609. The first-order valence-corrected chi connectivity index (χ1v) is 8.46. The van der Waals surface area contributed by atoms with Gasteiger partial charge in [-0.25, -0.2) is 4.79 Å². The van der Waals surface area contributed by atoms with Crippen LogP contribution in [-0.2, 0) is 14.3 Å². The molecule has 0 radical (unpaired) electrons. The van der Waals surface area contributed by atoms with Crippen molar-refractivity contribution in [3.8, 4) is 0 Å². The highest BCUT2D eigenvalue weighted by molar-refractivity contribution is 8.00. The Morgan fingerprint density at radius 3 is 2.43 bits per heavy atom. The lowest BCUT2D eigenvalue weighted by Gasteiger charge is -2.19. The fraction of sp³-hybridized carbons (Fsp3) is 0.529. The van der Waals surface area contributed by atoms with E-state index in [1.807, 2.05) is 25.1 Å². The van der Waals surface area contributed by atoms with E-state index in [4.69, 9.17) is 9.84 Å². The van der Waals surface area contributed by atoms with E-state index >= 15 is 0 Å². The number of carbonyl (C=O) groups is 2. The molecular weight excluding hydrogens is 314 g/mol. The van der Waals surface area contributed by atoms with Crippen LogP contribution in [0.25, 0.3) is 0 Å². The first kappa shape index (κ1) is 17.8. The number of aryl methyl sites for hydroxylation is 1. The van der Waals surface area contributed by atoms with Gasteiger partial charge in [-0.1, -0.05) is 20.8 Å². The maximum atomic E-state index is 12.2. The van der Waals surface area contributed by atoms with Gasteiger partial charge >= 0.3 is 5.97 Å².